The van der Waals surface area contributed by atoms with Gasteiger partial charge in [-0.1, -0.05) is 39.3 Å². The number of nitrogens with zero attached hydrogens (tertiary/aromatic N) is 2. The van der Waals surface area contributed by atoms with Crippen LogP contribution in [0.4, 0.5) is 14.5 Å². The van der Waals surface area contributed by atoms with Crippen LogP contribution in [0, 0.1) is 17.6 Å². The van der Waals surface area contributed by atoms with E-state index < -0.39 is 42.1 Å². The van der Waals surface area contributed by atoms with Crippen molar-refractivity contribution in [1.82, 2.24) is 10.2 Å². The van der Waals surface area contributed by atoms with Gasteiger partial charge in [-0.05, 0) is 44.4 Å². The van der Waals surface area contributed by atoms with Gasteiger partial charge >= 0.3 is 0 Å². The fraction of sp³-hybridized carbons (Fsp3) is 0.500. The zero-order valence-electron chi connectivity index (χ0n) is 21.8. The van der Waals surface area contributed by atoms with Crippen LogP contribution in [0.1, 0.15) is 64.6 Å². The first-order chi connectivity index (χ1) is 17.2. The van der Waals surface area contributed by atoms with Crippen molar-refractivity contribution < 1.29 is 23.1 Å². The minimum Gasteiger partial charge on any atom is -0.480 e. The molecule has 0 saturated carbocycles. The van der Waals surface area contributed by atoms with Crippen molar-refractivity contribution in [2.45, 2.75) is 66.2 Å². The lowest BCUT2D eigenvalue weighted by Gasteiger charge is -2.31. The maximum atomic E-state index is 14.7. The summed E-state index contributed by atoms with van der Waals surface area (Å²) in [5, 5.41) is 2.91. The van der Waals surface area contributed by atoms with Crippen LogP contribution in [0.3, 0.4) is 0 Å². The average Bonchev–Trinajstić information content (AvgIpc) is 2.96. The van der Waals surface area contributed by atoms with E-state index in [4.69, 9.17) is 4.74 Å². The fourth-order valence-corrected chi connectivity index (χ4v) is 4.49. The normalized spacial score (nSPS) is 17.4. The molecule has 2 aromatic carbocycles. The Kier molecular flexibility index (Phi) is 9.29. The highest BCUT2D eigenvalue weighted by Crippen LogP contribution is 2.39. The molecule has 6 nitrogen and oxygen atoms in total. The second-order valence-electron chi connectivity index (χ2n) is 9.39. The third kappa shape index (κ3) is 5.79. The summed E-state index contributed by atoms with van der Waals surface area (Å²) in [6, 6.07) is 8.01. The quantitative estimate of drug-likeness (QED) is 0.454. The van der Waals surface area contributed by atoms with Crippen molar-refractivity contribution >= 4 is 17.5 Å². The second-order valence-corrected chi connectivity index (χ2v) is 9.39. The first kappa shape index (κ1) is 27.4. The molecule has 1 heterocycles. The Bertz CT molecular complexity index is 1050. The van der Waals surface area contributed by atoms with E-state index in [0.717, 1.165) is 43.8 Å². The van der Waals surface area contributed by atoms with Crippen LogP contribution >= 0.6 is 0 Å². The number of amides is 2. The molecule has 2 amide bonds. The maximum Gasteiger partial charge on any atom is 0.265 e. The Balaban J connectivity index is 2.17. The molecular formula is C28H37F2N3O3. The summed E-state index contributed by atoms with van der Waals surface area (Å²) in [5.41, 5.74) is 1.14. The molecule has 2 atom stereocenters. The van der Waals surface area contributed by atoms with E-state index >= 15 is 0 Å². The van der Waals surface area contributed by atoms with Crippen LogP contribution in [0.25, 0.3) is 0 Å². The van der Waals surface area contributed by atoms with Gasteiger partial charge in [0.15, 0.2) is 6.10 Å². The molecule has 0 aliphatic carbocycles. The molecule has 1 aliphatic heterocycles. The van der Waals surface area contributed by atoms with E-state index in [1.165, 1.54) is 11.0 Å². The SMILES string of the molecule is CCCCNC(=O)C1c2ccc(N(CC)CC)cc2OC(C(C)C)C(=O)N1Cc1c(F)cccc1F. The molecule has 8 heteroatoms. The Morgan fingerprint density at radius 1 is 1.11 bits per heavy atom. The summed E-state index contributed by atoms with van der Waals surface area (Å²) in [6.07, 6.45) is 0.739. The summed E-state index contributed by atoms with van der Waals surface area (Å²) in [4.78, 5) is 30.8. The summed E-state index contributed by atoms with van der Waals surface area (Å²) >= 11 is 0. The monoisotopic (exact) mass is 501 g/mol. The fourth-order valence-electron chi connectivity index (χ4n) is 4.49. The molecule has 2 unspecified atom stereocenters. The number of carbonyl (C=O) groups is 2. The van der Waals surface area contributed by atoms with Gasteiger partial charge in [0.05, 0.1) is 6.54 Å². The lowest BCUT2D eigenvalue weighted by atomic mass is 10.00. The topological polar surface area (TPSA) is 61.9 Å². The van der Waals surface area contributed by atoms with Crippen LogP contribution in [-0.2, 0) is 16.1 Å². The highest BCUT2D eigenvalue weighted by atomic mass is 19.1. The Morgan fingerprint density at radius 2 is 1.78 bits per heavy atom. The molecule has 3 rings (SSSR count). The molecule has 0 fully saturated rings. The highest BCUT2D eigenvalue weighted by Gasteiger charge is 2.42. The van der Waals surface area contributed by atoms with Crippen LogP contribution < -0.4 is 15.0 Å². The van der Waals surface area contributed by atoms with Crippen molar-refractivity contribution in [1.29, 1.82) is 0 Å². The number of ether oxygens (including phenoxy) is 1. The smallest absolute Gasteiger partial charge is 0.265 e. The molecule has 1 aliphatic rings. The van der Waals surface area contributed by atoms with Gasteiger partial charge in [0.25, 0.3) is 5.91 Å². The van der Waals surface area contributed by atoms with Gasteiger partial charge in [-0.15, -0.1) is 0 Å². The molecule has 0 bridgehead atoms. The number of hydrogen-bond donors (Lipinski definition) is 1. The van der Waals surface area contributed by atoms with E-state index in [1.807, 2.05) is 46.8 Å². The predicted octanol–water partition coefficient (Wildman–Crippen LogP) is 5.21. The molecule has 0 saturated heterocycles. The van der Waals surface area contributed by atoms with Crippen molar-refractivity contribution in [2.24, 2.45) is 5.92 Å². The van der Waals surface area contributed by atoms with Crippen molar-refractivity contribution in [2.75, 3.05) is 24.5 Å². The number of hydrogen-bond acceptors (Lipinski definition) is 4. The van der Waals surface area contributed by atoms with Crippen LogP contribution in [0.2, 0.25) is 0 Å². The summed E-state index contributed by atoms with van der Waals surface area (Å²) < 4.78 is 35.6. The van der Waals surface area contributed by atoms with Crippen LogP contribution in [-0.4, -0.2) is 42.5 Å². The van der Waals surface area contributed by atoms with E-state index in [0.29, 0.717) is 17.9 Å². The number of fused-ring (bicyclic) bond motifs is 1. The average molecular weight is 502 g/mol. The van der Waals surface area contributed by atoms with Gasteiger partial charge in [0.1, 0.15) is 23.4 Å². The van der Waals surface area contributed by atoms with Crippen molar-refractivity contribution in [3.8, 4) is 5.75 Å². The molecule has 0 aromatic heterocycles. The number of benzene rings is 2. The van der Waals surface area contributed by atoms with Gasteiger partial charge < -0.3 is 19.9 Å². The Labute approximate surface area is 212 Å². The first-order valence-electron chi connectivity index (χ1n) is 12.8. The molecule has 196 valence electrons. The minimum absolute atomic E-state index is 0.239. The Hall–Kier alpha value is -3.16. The molecule has 0 spiro atoms. The van der Waals surface area contributed by atoms with Gasteiger partial charge in [-0.2, -0.15) is 0 Å². The summed E-state index contributed by atoms with van der Waals surface area (Å²) in [5.74, 6) is -2.23. The standard InChI is InChI=1S/C28H37F2N3O3/c1-6-9-15-31-27(34)25-20-14-13-19(32(7-2)8-3)16-24(20)36-26(18(4)5)28(35)33(25)17-21-22(29)11-10-12-23(21)30/h10-14,16,18,25-26H,6-9,15,17H2,1-5H3,(H,31,34). The maximum absolute atomic E-state index is 14.7. The Morgan fingerprint density at radius 3 is 2.36 bits per heavy atom. The van der Waals surface area contributed by atoms with Crippen LogP contribution in [0.15, 0.2) is 36.4 Å². The van der Waals surface area contributed by atoms with Gasteiger partial charge in [0, 0.05) is 42.5 Å². The molecular weight excluding hydrogens is 464 g/mol. The van der Waals surface area contributed by atoms with Gasteiger partial charge in [0.2, 0.25) is 5.91 Å². The van der Waals surface area contributed by atoms with Gasteiger partial charge in [-0.25, -0.2) is 8.78 Å². The molecule has 36 heavy (non-hydrogen) atoms. The summed E-state index contributed by atoms with van der Waals surface area (Å²) in [7, 11) is 0. The largest absolute Gasteiger partial charge is 0.480 e. The number of unbranched alkanes of at least 4 members (excludes halogenated alkanes) is 1. The minimum atomic E-state index is -1.10. The first-order valence-corrected chi connectivity index (χ1v) is 12.8. The predicted molar refractivity (Wildman–Crippen MR) is 137 cm³/mol. The molecule has 2 aromatic rings. The van der Waals surface area contributed by atoms with Crippen molar-refractivity contribution in [3.63, 3.8) is 0 Å². The van der Waals surface area contributed by atoms with E-state index in [9.17, 15) is 18.4 Å². The third-order valence-electron chi connectivity index (χ3n) is 6.59. The number of anilines is 1. The van der Waals surface area contributed by atoms with Crippen molar-refractivity contribution in [3.05, 3.63) is 59.2 Å². The number of halogens is 2. The van der Waals surface area contributed by atoms with Crippen LogP contribution in [0.5, 0.6) is 5.75 Å². The molecule has 0 radical (unpaired) electrons. The lowest BCUT2D eigenvalue weighted by molar-refractivity contribution is -0.147. The number of nitrogens with one attached hydrogen (secondary N) is 1. The third-order valence-corrected chi connectivity index (χ3v) is 6.59. The lowest BCUT2D eigenvalue weighted by Crippen LogP contribution is -2.48. The van der Waals surface area contributed by atoms with E-state index in [1.54, 1.807) is 6.07 Å². The van der Waals surface area contributed by atoms with E-state index in [2.05, 4.69) is 10.2 Å². The van der Waals surface area contributed by atoms with E-state index in [-0.39, 0.29) is 11.5 Å². The molecule has 1 N–H and O–H groups in total. The van der Waals surface area contributed by atoms with Gasteiger partial charge in [-0.3, -0.25) is 9.59 Å². The highest BCUT2D eigenvalue weighted by molar-refractivity contribution is 5.92. The zero-order chi connectivity index (χ0) is 26.4. The second kappa shape index (κ2) is 12.2. The number of carbonyl (C=O) groups excluding carboxylic acids is 2. The number of rotatable bonds is 10. The zero-order valence-corrected chi connectivity index (χ0v) is 21.8. The summed E-state index contributed by atoms with van der Waals surface area (Å²) in [6.45, 7) is 11.4.